The predicted octanol–water partition coefficient (Wildman–Crippen LogP) is 2.07. The Hall–Kier alpha value is -1.75. The standard InChI is InChI=1S/C15H21N5/c1-11(2)20-15(4-6-19-20)14-10-17-13(9-18-14)7-12-3-5-16-8-12/h4,6,9-12,16H,3,5,7-8H2,1-2H3. The first-order chi connectivity index (χ1) is 9.74. The van der Waals surface area contributed by atoms with Crippen LogP contribution in [0.1, 0.15) is 32.0 Å². The fourth-order valence-corrected chi connectivity index (χ4v) is 2.71. The van der Waals surface area contributed by atoms with E-state index in [0.29, 0.717) is 12.0 Å². The molecule has 0 amide bonds. The van der Waals surface area contributed by atoms with Gasteiger partial charge < -0.3 is 5.32 Å². The number of hydrogen-bond acceptors (Lipinski definition) is 4. The monoisotopic (exact) mass is 271 g/mol. The van der Waals surface area contributed by atoms with Crippen molar-refractivity contribution < 1.29 is 0 Å². The fourth-order valence-electron chi connectivity index (χ4n) is 2.71. The van der Waals surface area contributed by atoms with Crippen molar-refractivity contribution in [3.8, 4) is 11.4 Å². The van der Waals surface area contributed by atoms with Gasteiger partial charge in [-0.15, -0.1) is 0 Å². The Morgan fingerprint density at radius 3 is 2.90 bits per heavy atom. The van der Waals surface area contributed by atoms with E-state index >= 15 is 0 Å². The van der Waals surface area contributed by atoms with Gasteiger partial charge in [-0.3, -0.25) is 14.6 Å². The van der Waals surface area contributed by atoms with Crippen LogP contribution in [-0.2, 0) is 6.42 Å². The molecule has 5 nitrogen and oxygen atoms in total. The molecule has 0 aliphatic carbocycles. The Balaban J connectivity index is 1.76. The Labute approximate surface area is 119 Å². The Bertz CT molecular complexity index is 552. The maximum atomic E-state index is 4.57. The van der Waals surface area contributed by atoms with E-state index in [1.54, 1.807) is 0 Å². The number of rotatable bonds is 4. The SMILES string of the molecule is CC(C)n1nccc1-c1cnc(CC2CCNC2)cn1. The first-order valence-electron chi connectivity index (χ1n) is 7.29. The maximum Gasteiger partial charge on any atom is 0.107 e. The zero-order valence-corrected chi connectivity index (χ0v) is 12.1. The van der Waals surface area contributed by atoms with Crippen LogP contribution in [0, 0.1) is 5.92 Å². The molecule has 3 heterocycles. The highest BCUT2D eigenvalue weighted by Crippen LogP contribution is 2.20. The molecule has 1 aliphatic heterocycles. The van der Waals surface area contributed by atoms with E-state index in [4.69, 9.17) is 0 Å². The van der Waals surface area contributed by atoms with Gasteiger partial charge in [-0.25, -0.2) is 0 Å². The van der Waals surface area contributed by atoms with Crippen molar-refractivity contribution in [2.75, 3.05) is 13.1 Å². The van der Waals surface area contributed by atoms with E-state index in [-0.39, 0.29) is 0 Å². The summed E-state index contributed by atoms with van der Waals surface area (Å²) in [5.74, 6) is 0.705. The van der Waals surface area contributed by atoms with Gasteiger partial charge in [0.05, 0.1) is 17.6 Å². The summed E-state index contributed by atoms with van der Waals surface area (Å²) in [4.78, 5) is 9.13. The van der Waals surface area contributed by atoms with Crippen LogP contribution in [-0.4, -0.2) is 32.8 Å². The van der Waals surface area contributed by atoms with Crippen LogP contribution in [0.15, 0.2) is 24.7 Å². The van der Waals surface area contributed by atoms with Crippen LogP contribution >= 0.6 is 0 Å². The predicted molar refractivity (Wildman–Crippen MR) is 78.3 cm³/mol. The minimum Gasteiger partial charge on any atom is -0.316 e. The van der Waals surface area contributed by atoms with Crippen molar-refractivity contribution in [1.82, 2.24) is 25.1 Å². The summed E-state index contributed by atoms with van der Waals surface area (Å²) in [7, 11) is 0. The molecule has 0 bridgehead atoms. The number of aromatic nitrogens is 4. The van der Waals surface area contributed by atoms with Crippen LogP contribution < -0.4 is 5.32 Å². The molecular formula is C15H21N5. The van der Waals surface area contributed by atoms with E-state index in [0.717, 1.165) is 36.6 Å². The Morgan fingerprint density at radius 2 is 2.25 bits per heavy atom. The molecule has 1 N–H and O–H groups in total. The average molecular weight is 271 g/mol. The first kappa shape index (κ1) is 13.2. The summed E-state index contributed by atoms with van der Waals surface area (Å²) in [5, 5.41) is 7.72. The van der Waals surface area contributed by atoms with Gasteiger partial charge in [0.15, 0.2) is 0 Å². The van der Waals surface area contributed by atoms with Crippen molar-refractivity contribution in [3.63, 3.8) is 0 Å². The molecule has 1 aliphatic rings. The van der Waals surface area contributed by atoms with Gasteiger partial charge >= 0.3 is 0 Å². The smallest absolute Gasteiger partial charge is 0.107 e. The molecule has 1 saturated heterocycles. The molecule has 1 atom stereocenters. The highest BCUT2D eigenvalue weighted by atomic mass is 15.3. The van der Waals surface area contributed by atoms with Crippen LogP contribution in [0.5, 0.6) is 0 Å². The third-order valence-electron chi connectivity index (χ3n) is 3.79. The topological polar surface area (TPSA) is 55.6 Å². The fraction of sp³-hybridized carbons (Fsp3) is 0.533. The van der Waals surface area contributed by atoms with Gasteiger partial charge in [0, 0.05) is 18.4 Å². The molecule has 1 unspecified atom stereocenters. The molecule has 0 aromatic carbocycles. The molecular weight excluding hydrogens is 250 g/mol. The molecule has 1 fully saturated rings. The van der Waals surface area contributed by atoms with Crippen LogP contribution in [0.2, 0.25) is 0 Å². The summed E-state index contributed by atoms with van der Waals surface area (Å²) in [6.45, 7) is 6.46. The maximum absolute atomic E-state index is 4.57. The summed E-state index contributed by atoms with van der Waals surface area (Å²) in [5.41, 5.74) is 3.00. The van der Waals surface area contributed by atoms with Gasteiger partial charge in [-0.05, 0) is 51.8 Å². The van der Waals surface area contributed by atoms with Gasteiger partial charge in [-0.1, -0.05) is 0 Å². The van der Waals surface area contributed by atoms with E-state index in [1.165, 1.54) is 6.42 Å². The summed E-state index contributed by atoms with van der Waals surface area (Å²) in [6, 6.07) is 2.32. The highest BCUT2D eigenvalue weighted by Gasteiger charge is 2.16. The molecule has 2 aromatic heterocycles. The zero-order valence-electron chi connectivity index (χ0n) is 12.1. The second-order valence-corrected chi connectivity index (χ2v) is 5.71. The van der Waals surface area contributed by atoms with E-state index in [2.05, 4.69) is 34.2 Å². The van der Waals surface area contributed by atoms with E-state index in [1.807, 2.05) is 29.3 Å². The Morgan fingerprint density at radius 1 is 1.35 bits per heavy atom. The Kier molecular flexibility index (Phi) is 3.78. The number of nitrogens with one attached hydrogen (secondary N) is 1. The molecule has 0 saturated carbocycles. The lowest BCUT2D eigenvalue weighted by atomic mass is 10.0. The van der Waals surface area contributed by atoms with Crippen LogP contribution in [0.4, 0.5) is 0 Å². The summed E-state index contributed by atoms with van der Waals surface area (Å²) >= 11 is 0. The molecule has 0 spiro atoms. The van der Waals surface area contributed by atoms with Gasteiger partial charge in [-0.2, -0.15) is 5.10 Å². The highest BCUT2D eigenvalue weighted by molar-refractivity contribution is 5.52. The molecule has 20 heavy (non-hydrogen) atoms. The molecule has 106 valence electrons. The van der Waals surface area contributed by atoms with E-state index < -0.39 is 0 Å². The van der Waals surface area contributed by atoms with Gasteiger partial charge in [0.25, 0.3) is 0 Å². The lowest BCUT2D eigenvalue weighted by molar-refractivity contribution is 0.537. The number of nitrogens with zero attached hydrogens (tertiary/aromatic N) is 4. The first-order valence-corrected chi connectivity index (χ1v) is 7.29. The van der Waals surface area contributed by atoms with Crippen molar-refractivity contribution in [1.29, 1.82) is 0 Å². The third kappa shape index (κ3) is 2.72. The number of hydrogen-bond donors (Lipinski definition) is 1. The van der Waals surface area contributed by atoms with Crippen LogP contribution in [0.3, 0.4) is 0 Å². The van der Waals surface area contributed by atoms with Crippen molar-refractivity contribution in [3.05, 3.63) is 30.4 Å². The minimum absolute atomic E-state index is 0.325. The second kappa shape index (κ2) is 5.71. The van der Waals surface area contributed by atoms with Crippen molar-refractivity contribution >= 4 is 0 Å². The van der Waals surface area contributed by atoms with E-state index in [9.17, 15) is 0 Å². The molecule has 5 heteroatoms. The lowest BCUT2D eigenvalue weighted by Crippen LogP contribution is -2.11. The van der Waals surface area contributed by atoms with Crippen LogP contribution in [0.25, 0.3) is 11.4 Å². The molecule has 0 radical (unpaired) electrons. The molecule has 3 rings (SSSR count). The quantitative estimate of drug-likeness (QED) is 0.925. The minimum atomic E-state index is 0.325. The average Bonchev–Trinajstić information content (AvgIpc) is 3.10. The largest absolute Gasteiger partial charge is 0.316 e. The van der Waals surface area contributed by atoms with Gasteiger partial charge in [0.1, 0.15) is 5.69 Å². The summed E-state index contributed by atoms with van der Waals surface area (Å²) < 4.78 is 1.98. The molecule has 2 aromatic rings. The second-order valence-electron chi connectivity index (χ2n) is 5.71. The van der Waals surface area contributed by atoms with Gasteiger partial charge in [0.2, 0.25) is 0 Å². The normalized spacial score (nSPS) is 18.9. The lowest BCUT2D eigenvalue weighted by Gasteiger charge is -2.11. The third-order valence-corrected chi connectivity index (χ3v) is 3.79. The van der Waals surface area contributed by atoms with Crippen molar-refractivity contribution in [2.24, 2.45) is 5.92 Å². The van der Waals surface area contributed by atoms with Crippen molar-refractivity contribution in [2.45, 2.75) is 32.7 Å². The zero-order chi connectivity index (χ0) is 13.9. The summed E-state index contributed by atoms with van der Waals surface area (Å²) in [6.07, 6.45) is 7.85.